The Kier molecular flexibility index (Phi) is 5.69. The van der Waals surface area contributed by atoms with E-state index in [1.54, 1.807) is 25.1 Å². The zero-order valence-electron chi connectivity index (χ0n) is 10.6. The lowest BCUT2D eigenvalue weighted by Gasteiger charge is -2.09. The Morgan fingerprint density at radius 1 is 1.53 bits per heavy atom. The number of hydrogen-bond acceptors (Lipinski definition) is 4. The first kappa shape index (κ1) is 14.8. The van der Waals surface area contributed by atoms with Crippen LogP contribution in [0.5, 0.6) is 0 Å². The van der Waals surface area contributed by atoms with Gasteiger partial charge >= 0.3 is 0 Å². The van der Waals surface area contributed by atoms with Crippen molar-refractivity contribution in [3.05, 3.63) is 46.0 Å². The highest BCUT2D eigenvalue weighted by molar-refractivity contribution is 5.92. The molecule has 1 atom stereocenters. The molecular formula is C13H16N2O4. The zero-order valence-corrected chi connectivity index (χ0v) is 10.6. The van der Waals surface area contributed by atoms with Crippen molar-refractivity contribution in [3.8, 4) is 0 Å². The molecular weight excluding hydrogens is 248 g/mol. The van der Waals surface area contributed by atoms with Crippen molar-refractivity contribution < 1.29 is 14.8 Å². The molecule has 0 heterocycles. The number of hydrogen-bond donors (Lipinski definition) is 2. The number of nitrogens with one attached hydrogen (secondary N) is 1. The highest BCUT2D eigenvalue weighted by Crippen LogP contribution is 2.18. The van der Waals surface area contributed by atoms with Gasteiger partial charge in [-0.15, -0.1) is 0 Å². The van der Waals surface area contributed by atoms with Gasteiger partial charge in [0.2, 0.25) is 5.91 Å². The van der Waals surface area contributed by atoms with Gasteiger partial charge in [0.15, 0.2) is 0 Å². The lowest BCUT2D eigenvalue weighted by atomic mass is 10.1. The van der Waals surface area contributed by atoms with E-state index in [-0.39, 0.29) is 24.2 Å². The van der Waals surface area contributed by atoms with E-state index >= 15 is 0 Å². The van der Waals surface area contributed by atoms with Gasteiger partial charge in [0.1, 0.15) is 0 Å². The highest BCUT2D eigenvalue weighted by atomic mass is 16.6. The van der Waals surface area contributed by atoms with Crippen LogP contribution in [0.4, 0.5) is 5.69 Å². The third-order valence-electron chi connectivity index (χ3n) is 2.50. The molecule has 0 aliphatic rings. The number of nitrogens with zero attached hydrogens (tertiary/aromatic N) is 1. The fourth-order valence-electron chi connectivity index (χ4n) is 1.52. The second-order valence-corrected chi connectivity index (χ2v) is 4.07. The number of amides is 1. The van der Waals surface area contributed by atoms with Crippen LogP contribution in [-0.4, -0.2) is 28.6 Å². The highest BCUT2D eigenvalue weighted by Gasteiger charge is 2.10. The number of nitro groups is 1. The maximum atomic E-state index is 11.5. The summed E-state index contributed by atoms with van der Waals surface area (Å²) in [5.41, 5.74) is 0.326. The Labute approximate surface area is 110 Å². The number of aliphatic hydroxyl groups excluding tert-OH is 1. The summed E-state index contributed by atoms with van der Waals surface area (Å²) in [6.07, 6.45) is 3.11. The summed E-state index contributed by atoms with van der Waals surface area (Å²) in [5, 5.41) is 22.1. The van der Waals surface area contributed by atoms with Gasteiger partial charge in [-0.25, -0.2) is 0 Å². The van der Waals surface area contributed by atoms with Gasteiger partial charge in [0.05, 0.1) is 10.5 Å². The van der Waals surface area contributed by atoms with E-state index in [2.05, 4.69) is 5.32 Å². The number of carbonyl (C=O) groups is 1. The molecule has 2 N–H and O–H groups in total. The van der Waals surface area contributed by atoms with Crippen LogP contribution in [-0.2, 0) is 4.79 Å². The molecule has 0 spiro atoms. The first-order valence-corrected chi connectivity index (χ1v) is 5.87. The molecule has 1 rings (SSSR count). The van der Waals surface area contributed by atoms with Crippen molar-refractivity contribution in [2.24, 2.45) is 0 Å². The molecule has 1 aromatic carbocycles. The monoisotopic (exact) mass is 264 g/mol. The third-order valence-corrected chi connectivity index (χ3v) is 2.50. The molecule has 1 aromatic rings. The van der Waals surface area contributed by atoms with Crippen LogP contribution in [0.25, 0.3) is 6.08 Å². The first-order chi connectivity index (χ1) is 9.04. The molecule has 0 aliphatic carbocycles. The van der Waals surface area contributed by atoms with Gasteiger partial charge in [-0.2, -0.15) is 0 Å². The molecule has 0 fully saturated rings. The molecule has 0 saturated carbocycles. The minimum Gasteiger partial charge on any atom is -0.396 e. The number of carbonyl (C=O) groups excluding carboxylic acids is 1. The maximum Gasteiger partial charge on any atom is 0.276 e. The van der Waals surface area contributed by atoms with Crippen molar-refractivity contribution in [1.29, 1.82) is 0 Å². The van der Waals surface area contributed by atoms with Crippen molar-refractivity contribution in [1.82, 2.24) is 5.32 Å². The summed E-state index contributed by atoms with van der Waals surface area (Å²) in [4.78, 5) is 21.8. The largest absolute Gasteiger partial charge is 0.396 e. The van der Waals surface area contributed by atoms with E-state index in [9.17, 15) is 14.9 Å². The predicted molar refractivity (Wildman–Crippen MR) is 71.4 cm³/mol. The van der Waals surface area contributed by atoms with Gasteiger partial charge in [-0.1, -0.05) is 12.1 Å². The topological polar surface area (TPSA) is 92.5 Å². The van der Waals surface area contributed by atoms with Gasteiger partial charge < -0.3 is 10.4 Å². The SMILES string of the molecule is C[C@@H](CCO)NC(=O)/C=C/c1ccccc1[N+](=O)[O-]. The number of benzene rings is 1. The summed E-state index contributed by atoms with van der Waals surface area (Å²) in [7, 11) is 0. The Balaban J connectivity index is 2.71. The van der Waals surface area contributed by atoms with E-state index < -0.39 is 4.92 Å². The van der Waals surface area contributed by atoms with E-state index in [0.29, 0.717) is 12.0 Å². The second kappa shape index (κ2) is 7.27. The smallest absolute Gasteiger partial charge is 0.276 e. The summed E-state index contributed by atoms with van der Waals surface area (Å²) in [5.74, 6) is -0.348. The summed E-state index contributed by atoms with van der Waals surface area (Å²) in [6.45, 7) is 1.77. The quantitative estimate of drug-likeness (QED) is 0.462. The summed E-state index contributed by atoms with van der Waals surface area (Å²) >= 11 is 0. The Morgan fingerprint density at radius 2 is 2.21 bits per heavy atom. The minimum atomic E-state index is -0.494. The number of nitro benzene ring substituents is 1. The van der Waals surface area contributed by atoms with Crippen molar-refractivity contribution in [2.75, 3.05) is 6.61 Å². The Bertz CT molecular complexity index is 485. The number of aliphatic hydroxyl groups is 1. The number of para-hydroxylation sites is 1. The van der Waals surface area contributed by atoms with Crippen LogP contribution in [0.1, 0.15) is 18.9 Å². The Morgan fingerprint density at radius 3 is 2.84 bits per heavy atom. The van der Waals surface area contributed by atoms with Gasteiger partial charge in [0, 0.05) is 24.8 Å². The molecule has 6 heteroatoms. The minimum absolute atomic E-state index is 0.00464. The zero-order chi connectivity index (χ0) is 14.3. The molecule has 0 aromatic heterocycles. The molecule has 19 heavy (non-hydrogen) atoms. The predicted octanol–water partition coefficient (Wildman–Crippen LogP) is 1.50. The second-order valence-electron chi connectivity index (χ2n) is 4.07. The molecule has 102 valence electrons. The van der Waals surface area contributed by atoms with Crippen LogP contribution in [0.3, 0.4) is 0 Å². The molecule has 0 saturated heterocycles. The number of rotatable bonds is 6. The summed E-state index contributed by atoms with van der Waals surface area (Å²) in [6, 6.07) is 6.04. The lowest BCUT2D eigenvalue weighted by molar-refractivity contribution is -0.385. The van der Waals surface area contributed by atoms with Crippen LogP contribution in [0.15, 0.2) is 30.3 Å². The van der Waals surface area contributed by atoms with Gasteiger partial charge in [0.25, 0.3) is 5.69 Å². The molecule has 0 aliphatic heterocycles. The molecule has 0 bridgehead atoms. The van der Waals surface area contributed by atoms with Crippen LogP contribution in [0, 0.1) is 10.1 Å². The fourth-order valence-corrected chi connectivity index (χ4v) is 1.52. The maximum absolute atomic E-state index is 11.5. The van der Waals surface area contributed by atoms with Crippen LogP contribution >= 0.6 is 0 Å². The molecule has 0 unspecified atom stereocenters. The first-order valence-electron chi connectivity index (χ1n) is 5.87. The fraction of sp³-hybridized carbons (Fsp3) is 0.308. The lowest BCUT2D eigenvalue weighted by Crippen LogP contribution is -2.31. The van der Waals surface area contributed by atoms with Crippen LogP contribution in [0.2, 0.25) is 0 Å². The van der Waals surface area contributed by atoms with Crippen molar-refractivity contribution in [3.63, 3.8) is 0 Å². The van der Waals surface area contributed by atoms with Gasteiger partial charge in [-0.3, -0.25) is 14.9 Å². The van der Waals surface area contributed by atoms with Gasteiger partial charge in [-0.05, 0) is 25.5 Å². The van der Waals surface area contributed by atoms with Crippen molar-refractivity contribution >= 4 is 17.7 Å². The Hall–Kier alpha value is -2.21. The molecule has 6 nitrogen and oxygen atoms in total. The molecule has 0 radical (unpaired) electrons. The standard InChI is InChI=1S/C13H16N2O4/c1-10(8-9-16)14-13(17)7-6-11-4-2-3-5-12(11)15(18)19/h2-7,10,16H,8-9H2,1H3,(H,14,17)/b7-6+/t10-/m0/s1. The van der Waals surface area contributed by atoms with E-state index in [1.165, 1.54) is 18.2 Å². The van der Waals surface area contributed by atoms with Crippen LogP contribution < -0.4 is 5.32 Å². The summed E-state index contributed by atoms with van der Waals surface area (Å²) < 4.78 is 0. The molecule has 1 amide bonds. The van der Waals surface area contributed by atoms with Crippen molar-refractivity contribution in [2.45, 2.75) is 19.4 Å². The van der Waals surface area contributed by atoms with E-state index in [1.807, 2.05) is 0 Å². The third kappa shape index (κ3) is 4.89. The normalized spacial score (nSPS) is 12.3. The average Bonchev–Trinajstić information content (AvgIpc) is 2.36. The average molecular weight is 264 g/mol. The van der Waals surface area contributed by atoms with E-state index in [4.69, 9.17) is 5.11 Å². The van der Waals surface area contributed by atoms with E-state index in [0.717, 1.165) is 0 Å².